The minimum absolute atomic E-state index is 0.310. The van der Waals surface area contributed by atoms with Crippen LogP contribution in [0, 0.1) is 6.92 Å². The van der Waals surface area contributed by atoms with Gasteiger partial charge in [0.25, 0.3) is 0 Å². The smallest absolute Gasteiger partial charge is 0.149 e. The van der Waals surface area contributed by atoms with Crippen molar-refractivity contribution in [2.75, 3.05) is 0 Å². The number of hydrogen-bond donors (Lipinski definition) is 0. The van der Waals surface area contributed by atoms with E-state index in [-0.39, 0.29) is 0 Å². The van der Waals surface area contributed by atoms with Crippen LogP contribution in [0.4, 0.5) is 0 Å². The van der Waals surface area contributed by atoms with Gasteiger partial charge in [-0.15, -0.1) is 0 Å². The Morgan fingerprint density at radius 1 is 0.634 bits per heavy atom. The molecule has 202 valence electrons. The van der Waals surface area contributed by atoms with Crippen molar-refractivity contribution in [3.05, 3.63) is 120 Å². The fourth-order valence-corrected chi connectivity index (χ4v) is 6.19. The van der Waals surface area contributed by atoms with E-state index in [0.29, 0.717) is 11.8 Å². The van der Waals surface area contributed by atoms with Crippen molar-refractivity contribution in [3.8, 4) is 28.2 Å². The summed E-state index contributed by atoms with van der Waals surface area (Å²) in [5, 5.41) is 2.26. The highest BCUT2D eigenvalue weighted by atomic mass is 16.3. The van der Waals surface area contributed by atoms with Gasteiger partial charge >= 0.3 is 0 Å². The van der Waals surface area contributed by atoms with E-state index < -0.39 is 0 Å². The molecule has 0 amide bonds. The second-order valence-corrected chi connectivity index (χ2v) is 11.7. The van der Waals surface area contributed by atoms with Gasteiger partial charge in [-0.1, -0.05) is 100 Å². The Morgan fingerprint density at radius 3 is 1.98 bits per heavy atom. The number of para-hydroxylation sites is 4. The number of aromatic nitrogens is 2. The maximum atomic E-state index is 6.63. The lowest BCUT2D eigenvalue weighted by atomic mass is 9.88. The highest BCUT2D eigenvalue weighted by Crippen LogP contribution is 2.42. The van der Waals surface area contributed by atoms with Gasteiger partial charge in [0.15, 0.2) is 0 Å². The third-order valence-electron chi connectivity index (χ3n) is 8.27. The minimum Gasteiger partial charge on any atom is -0.455 e. The molecular weight excluding hydrogens is 500 g/mol. The Kier molecular flexibility index (Phi) is 6.04. The van der Waals surface area contributed by atoms with Crippen molar-refractivity contribution in [1.82, 2.24) is 9.55 Å². The Morgan fingerprint density at radius 2 is 1.27 bits per heavy atom. The molecule has 5 aromatic carbocycles. The first-order valence-electron chi connectivity index (χ1n) is 14.5. The van der Waals surface area contributed by atoms with Crippen molar-refractivity contribution in [1.29, 1.82) is 0 Å². The van der Waals surface area contributed by atoms with Crippen molar-refractivity contribution in [2.45, 2.75) is 46.5 Å². The van der Waals surface area contributed by atoms with Gasteiger partial charge < -0.3 is 4.42 Å². The molecule has 0 aliphatic rings. The molecule has 3 heteroatoms. The van der Waals surface area contributed by atoms with E-state index >= 15 is 0 Å². The van der Waals surface area contributed by atoms with Gasteiger partial charge in [0.05, 0.1) is 22.3 Å². The summed E-state index contributed by atoms with van der Waals surface area (Å²) in [7, 11) is 0. The number of furan rings is 1. The SMILES string of the molecule is Cc1cccc2c1oc1c(-c3nc4ccccc4n3-c3c(C(C)C)cc(-c4ccccc4)cc3C(C)C)cccc12. The quantitative estimate of drug-likeness (QED) is 0.220. The first kappa shape index (κ1) is 25.3. The molecular formula is C38H34N2O. The first-order valence-corrected chi connectivity index (χ1v) is 14.5. The van der Waals surface area contributed by atoms with Crippen LogP contribution in [-0.2, 0) is 0 Å². The summed E-state index contributed by atoms with van der Waals surface area (Å²) in [5.74, 6) is 1.53. The lowest BCUT2D eigenvalue weighted by Gasteiger charge is -2.24. The molecule has 0 aliphatic heterocycles. The molecule has 0 saturated heterocycles. The molecule has 3 nitrogen and oxygen atoms in total. The summed E-state index contributed by atoms with van der Waals surface area (Å²) < 4.78 is 9.03. The molecule has 2 heterocycles. The summed E-state index contributed by atoms with van der Waals surface area (Å²) >= 11 is 0. The average Bonchev–Trinajstić information content (AvgIpc) is 3.56. The van der Waals surface area contributed by atoms with E-state index in [9.17, 15) is 0 Å². The predicted molar refractivity (Wildman–Crippen MR) is 172 cm³/mol. The number of fused-ring (bicyclic) bond motifs is 4. The molecule has 0 fully saturated rings. The van der Waals surface area contributed by atoms with E-state index in [1.54, 1.807) is 0 Å². The van der Waals surface area contributed by atoms with Gasteiger partial charge in [-0.3, -0.25) is 4.57 Å². The van der Waals surface area contributed by atoms with Crippen LogP contribution in [0.1, 0.15) is 56.2 Å². The van der Waals surface area contributed by atoms with Crippen LogP contribution < -0.4 is 0 Å². The summed E-state index contributed by atoms with van der Waals surface area (Å²) in [5.41, 5.74) is 12.4. The van der Waals surface area contributed by atoms with Crippen LogP contribution in [0.5, 0.6) is 0 Å². The monoisotopic (exact) mass is 534 g/mol. The number of aryl methyl sites for hydroxylation is 1. The van der Waals surface area contributed by atoms with E-state index in [2.05, 4.69) is 142 Å². The molecule has 0 saturated carbocycles. The largest absolute Gasteiger partial charge is 0.455 e. The minimum atomic E-state index is 0.310. The number of benzene rings is 5. The summed E-state index contributed by atoms with van der Waals surface area (Å²) in [4.78, 5) is 5.29. The molecule has 0 atom stereocenters. The zero-order valence-corrected chi connectivity index (χ0v) is 24.3. The summed E-state index contributed by atoms with van der Waals surface area (Å²) in [6, 6.07) is 36.7. The Labute approximate surface area is 241 Å². The zero-order chi connectivity index (χ0) is 28.2. The molecule has 0 radical (unpaired) electrons. The maximum absolute atomic E-state index is 6.63. The van der Waals surface area contributed by atoms with Crippen molar-refractivity contribution in [3.63, 3.8) is 0 Å². The maximum Gasteiger partial charge on any atom is 0.149 e. The molecule has 0 N–H and O–H groups in total. The zero-order valence-electron chi connectivity index (χ0n) is 24.3. The van der Waals surface area contributed by atoms with Crippen LogP contribution in [0.15, 0.2) is 108 Å². The molecule has 7 rings (SSSR count). The highest BCUT2D eigenvalue weighted by Gasteiger charge is 2.25. The van der Waals surface area contributed by atoms with Crippen molar-refractivity contribution < 1.29 is 4.42 Å². The number of hydrogen-bond acceptors (Lipinski definition) is 2. The van der Waals surface area contributed by atoms with Gasteiger partial charge in [-0.05, 0) is 76.9 Å². The van der Waals surface area contributed by atoms with Crippen LogP contribution in [0.2, 0.25) is 0 Å². The molecule has 0 spiro atoms. The van der Waals surface area contributed by atoms with Gasteiger partial charge in [0.1, 0.15) is 17.0 Å². The molecule has 0 unspecified atom stereocenters. The number of imidazole rings is 1. The van der Waals surface area contributed by atoms with E-state index in [4.69, 9.17) is 9.40 Å². The molecule has 0 bridgehead atoms. The standard InChI is InChI=1S/C38H34N2O/c1-23(2)31-21-27(26-14-7-6-8-15-26)22-32(24(3)4)35(31)40-34-20-10-9-19-33(34)39-38(40)30-18-12-17-29-28-16-11-13-25(5)36(28)41-37(29)30/h6-24H,1-5H3. The second-order valence-electron chi connectivity index (χ2n) is 11.7. The first-order chi connectivity index (χ1) is 19.9. The Bertz CT molecular complexity index is 2030. The summed E-state index contributed by atoms with van der Waals surface area (Å²) in [6.45, 7) is 11.3. The average molecular weight is 535 g/mol. The van der Waals surface area contributed by atoms with Crippen LogP contribution in [0.25, 0.3) is 61.2 Å². The lowest BCUT2D eigenvalue weighted by Crippen LogP contribution is -2.09. The second kappa shape index (κ2) is 9.78. The van der Waals surface area contributed by atoms with Gasteiger partial charge in [0, 0.05) is 10.8 Å². The summed E-state index contributed by atoms with van der Waals surface area (Å²) in [6.07, 6.45) is 0. The third-order valence-corrected chi connectivity index (χ3v) is 8.27. The fourth-order valence-electron chi connectivity index (χ4n) is 6.19. The van der Waals surface area contributed by atoms with E-state index in [0.717, 1.165) is 49.9 Å². The number of rotatable bonds is 5. The van der Waals surface area contributed by atoms with Gasteiger partial charge in [-0.25, -0.2) is 4.98 Å². The molecule has 41 heavy (non-hydrogen) atoms. The lowest BCUT2D eigenvalue weighted by molar-refractivity contribution is 0.666. The van der Waals surface area contributed by atoms with Crippen molar-refractivity contribution in [2.24, 2.45) is 0 Å². The van der Waals surface area contributed by atoms with Crippen molar-refractivity contribution >= 4 is 33.0 Å². The van der Waals surface area contributed by atoms with Gasteiger partial charge in [0.2, 0.25) is 0 Å². The van der Waals surface area contributed by atoms with Gasteiger partial charge in [-0.2, -0.15) is 0 Å². The predicted octanol–water partition coefficient (Wildman–Crippen LogP) is 10.8. The van der Waals surface area contributed by atoms with Crippen LogP contribution in [-0.4, -0.2) is 9.55 Å². The van der Waals surface area contributed by atoms with E-state index in [1.165, 1.54) is 27.9 Å². The fraction of sp³-hybridized carbons (Fsp3) is 0.184. The molecule has 7 aromatic rings. The molecule has 2 aromatic heterocycles. The normalized spacial score (nSPS) is 12.0. The molecule has 0 aliphatic carbocycles. The third kappa shape index (κ3) is 4.07. The van der Waals surface area contributed by atoms with Crippen LogP contribution in [0.3, 0.4) is 0 Å². The van der Waals surface area contributed by atoms with E-state index in [1.807, 2.05) is 0 Å². The highest BCUT2D eigenvalue weighted by molar-refractivity contribution is 6.10. The number of nitrogens with zero attached hydrogens (tertiary/aromatic N) is 2. The Hall–Kier alpha value is -4.63. The topological polar surface area (TPSA) is 31.0 Å². The Balaban J connectivity index is 1.60. The van der Waals surface area contributed by atoms with Crippen LogP contribution >= 0.6 is 0 Å².